The van der Waals surface area contributed by atoms with Crippen molar-refractivity contribution in [3.05, 3.63) is 40.8 Å². The minimum atomic E-state index is -2.42. The van der Waals surface area contributed by atoms with Crippen LogP contribution in [0.3, 0.4) is 0 Å². The van der Waals surface area contributed by atoms with Gasteiger partial charge < -0.3 is 15.8 Å². The highest BCUT2D eigenvalue weighted by Crippen LogP contribution is 2.33. The molecule has 0 aliphatic heterocycles. The third kappa shape index (κ3) is 4.34. The number of oxime groups is 1. The van der Waals surface area contributed by atoms with E-state index in [-0.39, 0.29) is 29.2 Å². The van der Waals surface area contributed by atoms with Gasteiger partial charge in [-0.05, 0) is 40.0 Å². The molecule has 12 heteroatoms. The molecule has 1 unspecified atom stereocenters. The Labute approximate surface area is 155 Å². The van der Waals surface area contributed by atoms with Crippen molar-refractivity contribution < 1.29 is 18.4 Å². The summed E-state index contributed by atoms with van der Waals surface area (Å²) in [6.45, 7) is 0.713. The lowest BCUT2D eigenvalue weighted by molar-refractivity contribution is 0.303. The van der Waals surface area contributed by atoms with Crippen LogP contribution in [0.25, 0.3) is 0 Å². The highest BCUT2D eigenvalue weighted by molar-refractivity contribution is 7.91. The Balaban J connectivity index is 1.62. The third-order valence-electron chi connectivity index (χ3n) is 4.17. The number of fused-ring (bicyclic) bond motifs is 1. The maximum Gasteiger partial charge on any atom is 0.202 e. The lowest BCUT2D eigenvalue weighted by Crippen LogP contribution is -2.37. The van der Waals surface area contributed by atoms with E-state index in [4.69, 9.17) is 4.63 Å². The van der Waals surface area contributed by atoms with E-state index in [0.717, 1.165) is 11.1 Å². The number of halogens is 1. The highest BCUT2D eigenvalue weighted by Gasteiger charge is 2.29. The summed E-state index contributed by atoms with van der Waals surface area (Å²) >= 11 is 0. The number of amidine groups is 1. The summed E-state index contributed by atoms with van der Waals surface area (Å²) in [6, 6.07) is 4.38. The first-order chi connectivity index (χ1) is 12.9. The molecule has 1 aromatic heterocycles. The fourth-order valence-electron chi connectivity index (χ4n) is 2.66. The van der Waals surface area contributed by atoms with Gasteiger partial charge >= 0.3 is 0 Å². The predicted molar refractivity (Wildman–Crippen MR) is 97.5 cm³/mol. The first-order valence-corrected chi connectivity index (χ1v) is 10.0. The molecule has 1 aliphatic carbocycles. The van der Waals surface area contributed by atoms with Crippen molar-refractivity contribution >= 4 is 21.6 Å². The van der Waals surface area contributed by atoms with Gasteiger partial charge in [0.1, 0.15) is 15.7 Å². The summed E-state index contributed by atoms with van der Waals surface area (Å²) < 4.78 is 36.4. The zero-order valence-corrected chi connectivity index (χ0v) is 15.6. The van der Waals surface area contributed by atoms with E-state index in [1.54, 1.807) is 6.07 Å². The third-order valence-corrected chi connectivity index (χ3v) is 5.60. The molecular formula is C15H20FN7O3S. The van der Waals surface area contributed by atoms with Gasteiger partial charge in [-0.3, -0.25) is 0 Å². The molecule has 0 amide bonds. The Bertz CT molecular complexity index is 968. The Morgan fingerprint density at radius 3 is 3.00 bits per heavy atom. The van der Waals surface area contributed by atoms with Crippen molar-refractivity contribution in [3.8, 4) is 0 Å². The average molecular weight is 397 g/mol. The quantitative estimate of drug-likeness (QED) is 0.179. The second kappa shape index (κ2) is 7.88. The summed E-state index contributed by atoms with van der Waals surface area (Å²) in [5.41, 5.74) is 2.01. The summed E-state index contributed by atoms with van der Waals surface area (Å²) in [5.74, 6) is -0.0200. The van der Waals surface area contributed by atoms with E-state index < -0.39 is 9.92 Å². The van der Waals surface area contributed by atoms with Crippen LogP contribution < -0.4 is 15.4 Å². The molecule has 0 fully saturated rings. The van der Waals surface area contributed by atoms with Crippen molar-refractivity contribution in [3.63, 3.8) is 0 Å². The SMILES string of the molecule is CN=S(C)(=O)NCCNc1nonc1/C(=N/O)N[C@H]1Cc2ccc(F)cc21. The molecular weight excluding hydrogens is 377 g/mol. The number of rotatable bonds is 7. The lowest BCUT2D eigenvalue weighted by Gasteiger charge is -2.31. The molecule has 1 aromatic carbocycles. The average Bonchev–Trinajstić information content (AvgIpc) is 3.10. The summed E-state index contributed by atoms with van der Waals surface area (Å²) in [6.07, 6.45) is 2.16. The van der Waals surface area contributed by atoms with Gasteiger partial charge in [-0.25, -0.2) is 22.3 Å². The standard InChI is InChI=1S/C15H20FN7O3S/c1-17-27(2,25)19-6-5-18-14-13(22-26-23-14)15(21-24)20-12-7-9-3-4-10(16)8-11(9)12/h3-4,8,12,24H,5-7H2,1-2H3,(H,18,23)(H,20,21)(H,17,19,25)/t12-,27?/m0/s1. The largest absolute Gasteiger partial charge is 0.409 e. The molecule has 0 bridgehead atoms. The van der Waals surface area contributed by atoms with Gasteiger partial charge in [0.2, 0.25) is 5.82 Å². The fraction of sp³-hybridized carbons (Fsp3) is 0.400. The van der Waals surface area contributed by atoms with E-state index in [9.17, 15) is 13.8 Å². The van der Waals surface area contributed by atoms with Gasteiger partial charge in [-0.2, -0.15) is 0 Å². The first-order valence-electron chi connectivity index (χ1n) is 8.12. The Kier molecular flexibility index (Phi) is 5.56. The number of aromatic nitrogens is 2. The van der Waals surface area contributed by atoms with E-state index >= 15 is 0 Å². The molecule has 27 heavy (non-hydrogen) atoms. The molecule has 146 valence electrons. The second-order valence-electron chi connectivity index (χ2n) is 5.96. The van der Waals surface area contributed by atoms with Crippen LogP contribution in [0.15, 0.2) is 32.3 Å². The molecule has 2 aromatic rings. The van der Waals surface area contributed by atoms with E-state index in [1.165, 1.54) is 25.4 Å². The van der Waals surface area contributed by atoms with Crippen LogP contribution in [0.5, 0.6) is 0 Å². The van der Waals surface area contributed by atoms with Crippen LogP contribution in [0.2, 0.25) is 0 Å². The number of hydrogen-bond donors (Lipinski definition) is 4. The summed E-state index contributed by atoms with van der Waals surface area (Å²) in [5, 5.41) is 26.0. The van der Waals surface area contributed by atoms with Crippen LogP contribution in [-0.4, -0.2) is 52.0 Å². The molecule has 0 saturated heterocycles. The minimum absolute atomic E-state index is 0.0504. The monoisotopic (exact) mass is 397 g/mol. The zero-order valence-electron chi connectivity index (χ0n) is 14.8. The number of benzene rings is 1. The lowest BCUT2D eigenvalue weighted by atomic mass is 9.83. The Hall–Kier alpha value is -2.73. The van der Waals surface area contributed by atoms with Crippen molar-refractivity contribution in [2.45, 2.75) is 12.5 Å². The molecule has 1 aliphatic rings. The number of anilines is 1. The van der Waals surface area contributed by atoms with Gasteiger partial charge in [-0.1, -0.05) is 11.2 Å². The second-order valence-corrected chi connectivity index (χ2v) is 8.22. The van der Waals surface area contributed by atoms with Gasteiger partial charge in [0.25, 0.3) is 0 Å². The minimum Gasteiger partial charge on any atom is -0.409 e. The van der Waals surface area contributed by atoms with Crippen molar-refractivity contribution in [2.24, 2.45) is 9.52 Å². The molecule has 0 saturated carbocycles. The van der Waals surface area contributed by atoms with Crippen LogP contribution in [-0.2, 0) is 16.3 Å². The van der Waals surface area contributed by atoms with E-state index in [2.05, 4.69) is 35.2 Å². The molecule has 0 spiro atoms. The fourth-order valence-corrected chi connectivity index (χ4v) is 3.27. The molecule has 10 nitrogen and oxygen atoms in total. The van der Waals surface area contributed by atoms with E-state index in [1.807, 2.05) is 0 Å². The normalized spacial score (nSPS) is 18.2. The number of hydrogen-bond acceptors (Lipinski definition) is 8. The van der Waals surface area contributed by atoms with Gasteiger partial charge in [0.15, 0.2) is 11.5 Å². The highest BCUT2D eigenvalue weighted by atomic mass is 32.2. The van der Waals surface area contributed by atoms with Crippen molar-refractivity contribution in [2.75, 3.05) is 31.7 Å². The van der Waals surface area contributed by atoms with Crippen LogP contribution >= 0.6 is 0 Å². The van der Waals surface area contributed by atoms with Crippen LogP contribution in [0.4, 0.5) is 10.2 Å². The summed E-state index contributed by atoms with van der Waals surface area (Å²) in [4.78, 5) is 0. The molecule has 0 radical (unpaired) electrons. The molecule has 1 heterocycles. The number of nitrogens with zero attached hydrogens (tertiary/aromatic N) is 4. The zero-order chi connectivity index (χ0) is 19.4. The topological polar surface area (TPSA) is 137 Å². The Morgan fingerprint density at radius 2 is 2.26 bits per heavy atom. The first kappa shape index (κ1) is 19.0. The molecule has 2 atom stereocenters. The molecule has 3 rings (SSSR count). The van der Waals surface area contributed by atoms with Gasteiger partial charge in [0.05, 0.1) is 6.04 Å². The Morgan fingerprint density at radius 1 is 1.44 bits per heavy atom. The van der Waals surface area contributed by atoms with Crippen molar-refractivity contribution in [1.29, 1.82) is 0 Å². The maximum atomic E-state index is 13.4. The maximum absolute atomic E-state index is 13.4. The predicted octanol–water partition coefficient (Wildman–Crippen LogP) is 0.876. The summed E-state index contributed by atoms with van der Waals surface area (Å²) in [7, 11) is -0.942. The number of nitrogens with one attached hydrogen (secondary N) is 3. The van der Waals surface area contributed by atoms with E-state index in [0.29, 0.717) is 19.5 Å². The van der Waals surface area contributed by atoms with Crippen molar-refractivity contribution in [1.82, 2.24) is 20.4 Å². The van der Waals surface area contributed by atoms with Crippen LogP contribution in [0.1, 0.15) is 22.9 Å². The smallest absolute Gasteiger partial charge is 0.202 e. The molecule has 4 N–H and O–H groups in total. The van der Waals surface area contributed by atoms with Gasteiger partial charge in [0, 0.05) is 26.4 Å². The van der Waals surface area contributed by atoms with Crippen LogP contribution in [0, 0.1) is 5.82 Å². The van der Waals surface area contributed by atoms with Gasteiger partial charge in [-0.15, -0.1) is 0 Å².